The number of benzene rings is 1. The van der Waals surface area contributed by atoms with Gasteiger partial charge in [-0.15, -0.1) is 11.8 Å². The molecule has 3 N–H and O–H groups in total. The van der Waals surface area contributed by atoms with Crippen LogP contribution in [0.2, 0.25) is 0 Å². The number of hydrogen-bond donors (Lipinski definition) is 3. The van der Waals surface area contributed by atoms with E-state index in [1.807, 2.05) is 32.9 Å². The summed E-state index contributed by atoms with van der Waals surface area (Å²) in [7, 11) is 0. The molecule has 2 atom stereocenters. The zero-order chi connectivity index (χ0) is 16.6. The van der Waals surface area contributed by atoms with E-state index in [2.05, 4.69) is 15.5 Å². The molecule has 0 saturated carbocycles. The number of fused-ring (bicyclic) bond motifs is 1. The number of aryl methyl sites for hydroxylation is 1. The Morgan fingerprint density at radius 1 is 1.43 bits per heavy atom. The van der Waals surface area contributed by atoms with Crippen LogP contribution in [0.1, 0.15) is 35.9 Å². The number of hydrogen-bond acceptors (Lipinski definition) is 5. The van der Waals surface area contributed by atoms with Crippen molar-refractivity contribution < 1.29 is 14.6 Å². The lowest BCUT2D eigenvalue weighted by Gasteiger charge is -2.19. The summed E-state index contributed by atoms with van der Waals surface area (Å²) in [6.45, 7) is 6.16. The van der Waals surface area contributed by atoms with Crippen molar-refractivity contribution in [3.63, 3.8) is 0 Å². The van der Waals surface area contributed by atoms with Gasteiger partial charge in [-0.2, -0.15) is 5.10 Å². The highest BCUT2D eigenvalue weighted by Gasteiger charge is 2.32. The van der Waals surface area contributed by atoms with E-state index in [-0.39, 0.29) is 22.2 Å². The maximum atomic E-state index is 12.1. The van der Waals surface area contributed by atoms with Gasteiger partial charge in [0.25, 0.3) is 0 Å². The van der Waals surface area contributed by atoms with E-state index in [9.17, 15) is 9.90 Å². The number of aromatic amines is 1. The van der Waals surface area contributed by atoms with E-state index in [1.54, 1.807) is 17.8 Å². The normalized spacial score (nSPS) is 20.6. The number of ether oxygens (including phenoxy) is 1. The number of carbonyl (C=O) groups is 1. The standard InChI is InChI=1S/C16H19N3O3S/c1-4-22-12-7-10(5-6-11(12)20)14-13-8(2)18-19-15(13)17-16(21)9(3)23-14/h5-7,9,14,20H,4H2,1-3H3,(H2,17,18,19,21)/t9-,14+/m1/s1. The summed E-state index contributed by atoms with van der Waals surface area (Å²) in [5.41, 5.74) is 2.84. The highest BCUT2D eigenvalue weighted by atomic mass is 32.2. The molecule has 0 saturated heterocycles. The average molecular weight is 333 g/mol. The third-order valence-electron chi connectivity index (χ3n) is 3.79. The van der Waals surface area contributed by atoms with Crippen LogP contribution in [0, 0.1) is 6.92 Å². The highest BCUT2D eigenvalue weighted by molar-refractivity contribution is 8.01. The van der Waals surface area contributed by atoms with Gasteiger partial charge >= 0.3 is 0 Å². The van der Waals surface area contributed by atoms with Gasteiger partial charge in [-0.25, -0.2) is 0 Å². The second-order valence-electron chi connectivity index (χ2n) is 5.42. The molecule has 0 aliphatic carbocycles. The Hall–Kier alpha value is -2.15. The molecule has 0 radical (unpaired) electrons. The van der Waals surface area contributed by atoms with Crippen LogP contribution < -0.4 is 10.1 Å². The number of amides is 1. The lowest BCUT2D eigenvalue weighted by atomic mass is 10.0. The summed E-state index contributed by atoms with van der Waals surface area (Å²) in [5, 5.41) is 19.6. The maximum absolute atomic E-state index is 12.1. The van der Waals surface area contributed by atoms with E-state index >= 15 is 0 Å². The Morgan fingerprint density at radius 2 is 2.22 bits per heavy atom. The fraction of sp³-hybridized carbons (Fsp3) is 0.375. The molecule has 0 unspecified atom stereocenters. The molecule has 7 heteroatoms. The van der Waals surface area contributed by atoms with E-state index in [1.165, 1.54) is 0 Å². The molecular formula is C16H19N3O3S. The number of phenols is 1. The first-order valence-electron chi connectivity index (χ1n) is 7.48. The number of aromatic hydroxyl groups is 1. The zero-order valence-corrected chi connectivity index (χ0v) is 14.0. The second-order valence-corrected chi connectivity index (χ2v) is 6.87. The van der Waals surface area contributed by atoms with Gasteiger partial charge in [0, 0.05) is 11.3 Å². The van der Waals surface area contributed by atoms with Crippen molar-refractivity contribution >= 4 is 23.5 Å². The smallest absolute Gasteiger partial charge is 0.238 e. The summed E-state index contributed by atoms with van der Waals surface area (Å²) in [4.78, 5) is 12.1. The topological polar surface area (TPSA) is 87.2 Å². The van der Waals surface area contributed by atoms with Crippen LogP contribution in [0.4, 0.5) is 5.82 Å². The van der Waals surface area contributed by atoms with Crippen LogP contribution in [0.25, 0.3) is 0 Å². The summed E-state index contributed by atoms with van der Waals surface area (Å²) < 4.78 is 5.48. The fourth-order valence-electron chi connectivity index (χ4n) is 2.62. The lowest BCUT2D eigenvalue weighted by molar-refractivity contribution is -0.115. The van der Waals surface area contributed by atoms with E-state index in [0.29, 0.717) is 18.2 Å². The van der Waals surface area contributed by atoms with Crippen molar-refractivity contribution in [3.8, 4) is 11.5 Å². The number of nitrogens with zero attached hydrogens (tertiary/aromatic N) is 1. The maximum Gasteiger partial charge on any atom is 0.238 e. The third kappa shape index (κ3) is 2.88. The second kappa shape index (κ2) is 6.16. The molecule has 1 aromatic carbocycles. The molecule has 122 valence electrons. The Balaban J connectivity index is 2.09. The minimum absolute atomic E-state index is 0.0611. The predicted octanol–water partition coefficient (Wildman–Crippen LogP) is 2.99. The van der Waals surface area contributed by atoms with Crippen molar-refractivity contribution in [1.82, 2.24) is 10.2 Å². The fourth-order valence-corrected chi connectivity index (χ4v) is 3.94. The number of thioether (sulfide) groups is 1. The van der Waals surface area contributed by atoms with Crippen molar-refractivity contribution in [3.05, 3.63) is 35.0 Å². The number of carbonyl (C=O) groups excluding carboxylic acids is 1. The predicted molar refractivity (Wildman–Crippen MR) is 90.1 cm³/mol. The monoisotopic (exact) mass is 333 g/mol. The number of anilines is 1. The summed E-state index contributed by atoms with van der Waals surface area (Å²) in [6, 6.07) is 5.31. The highest BCUT2D eigenvalue weighted by Crippen LogP contribution is 2.46. The molecule has 3 rings (SSSR count). The van der Waals surface area contributed by atoms with Crippen LogP contribution >= 0.6 is 11.8 Å². The van der Waals surface area contributed by atoms with Crippen molar-refractivity contribution in [2.45, 2.75) is 31.3 Å². The minimum Gasteiger partial charge on any atom is -0.504 e. The SMILES string of the molecule is CCOc1cc([C@@H]2S[C@H](C)C(=O)Nc3n[nH]c(C)c32)ccc1O. The molecule has 1 aliphatic heterocycles. The molecule has 6 nitrogen and oxygen atoms in total. The van der Waals surface area contributed by atoms with Crippen molar-refractivity contribution in [2.75, 3.05) is 11.9 Å². The van der Waals surface area contributed by atoms with E-state index < -0.39 is 0 Å². The van der Waals surface area contributed by atoms with Gasteiger partial charge in [0.15, 0.2) is 17.3 Å². The van der Waals surface area contributed by atoms with Crippen LogP contribution in [-0.2, 0) is 4.79 Å². The van der Waals surface area contributed by atoms with Crippen LogP contribution in [-0.4, -0.2) is 33.1 Å². The average Bonchev–Trinajstić information content (AvgIpc) is 2.81. The molecule has 23 heavy (non-hydrogen) atoms. The molecule has 2 aromatic rings. The molecule has 0 spiro atoms. The van der Waals surface area contributed by atoms with Crippen molar-refractivity contribution in [2.24, 2.45) is 0 Å². The molecule has 2 heterocycles. The number of H-pyrrole nitrogens is 1. The van der Waals surface area contributed by atoms with Crippen molar-refractivity contribution in [1.29, 1.82) is 0 Å². The third-order valence-corrected chi connectivity index (χ3v) is 5.20. The quantitative estimate of drug-likeness (QED) is 0.804. The van der Waals surface area contributed by atoms with Crippen LogP contribution in [0.5, 0.6) is 11.5 Å². The largest absolute Gasteiger partial charge is 0.504 e. The Morgan fingerprint density at radius 3 is 2.96 bits per heavy atom. The molecule has 0 bridgehead atoms. The van der Waals surface area contributed by atoms with Gasteiger partial charge in [-0.05, 0) is 38.5 Å². The molecule has 1 aliphatic rings. The van der Waals surface area contributed by atoms with Crippen LogP contribution in [0.3, 0.4) is 0 Å². The molecule has 0 fully saturated rings. The molecule has 1 aromatic heterocycles. The molecule has 1 amide bonds. The van der Waals surface area contributed by atoms with Gasteiger partial charge in [0.05, 0.1) is 17.1 Å². The van der Waals surface area contributed by atoms with E-state index in [0.717, 1.165) is 16.8 Å². The van der Waals surface area contributed by atoms with E-state index in [4.69, 9.17) is 4.74 Å². The summed E-state index contributed by atoms with van der Waals surface area (Å²) in [5.74, 6) is 1.07. The first-order chi connectivity index (χ1) is 11.0. The zero-order valence-electron chi connectivity index (χ0n) is 13.2. The van der Waals surface area contributed by atoms with Gasteiger partial charge in [-0.3, -0.25) is 9.89 Å². The van der Waals surface area contributed by atoms with Crippen LogP contribution in [0.15, 0.2) is 18.2 Å². The Bertz CT molecular complexity index is 744. The number of nitrogens with one attached hydrogen (secondary N) is 2. The Labute approximate surface area is 138 Å². The lowest BCUT2D eigenvalue weighted by Crippen LogP contribution is -2.21. The summed E-state index contributed by atoms with van der Waals surface area (Å²) in [6.07, 6.45) is 0. The number of phenolic OH excluding ortho intramolecular Hbond substituents is 1. The first kappa shape index (κ1) is 15.7. The van der Waals surface area contributed by atoms with Gasteiger partial charge in [-0.1, -0.05) is 6.07 Å². The van der Waals surface area contributed by atoms with Gasteiger partial charge < -0.3 is 15.2 Å². The number of rotatable bonds is 3. The van der Waals surface area contributed by atoms with Gasteiger partial charge in [0.2, 0.25) is 5.91 Å². The number of aromatic nitrogens is 2. The summed E-state index contributed by atoms with van der Waals surface area (Å²) >= 11 is 1.55. The van der Waals surface area contributed by atoms with Gasteiger partial charge in [0.1, 0.15) is 0 Å². The first-order valence-corrected chi connectivity index (χ1v) is 8.42. The minimum atomic E-state index is -0.210. The molecular weight excluding hydrogens is 314 g/mol. The Kier molecular flexibility index (Phi) is 4.21.